The summed E-state index contributed by atoms with van der Waals surface area (Å²) in [5.74, 6) is 0.369. The van der Waals surface area contributed by atoms with E-state index in [-0.39, 0.29) is 5.97 Å². The van der Waals surface area contributed by atoms with Crippen molar-refractivity contribution in [2.75, 3.05) is 0 Å². The van der Waals surface area contributed by atoms with Gasteiger partial charge in [0.25, 0.3) is 0 Å². The molecule has 0 aliphatic rings. The van der Waals surface area contributed by atoms with Crippen LogP contribution in [-0.2, 0) is 4.79 Å². The molecule has 0 amide bonds. The van der Waals surface area contributed by atoms with E-state index in [4.69, 9.17) is 4.74 Å². The Morgan fingerprint density at radius 3 is 2.25 bits per heavy atom. The lowest BCUT2D eigenvalue weighted by Crippen LogP contribution is -2.04. The minimum Gasteiger partial charge on any atom is -0.426 e. The van der Waals surface area contributed by atoms with Crippen molar-refractivity contribution in [1.82, 2.24) is 0 Å². The molecule has 1 aromatic carbocycles. The third kappa shape index (κ3) is 1.84. The molecule has 0 atom stereocenters. The largest absolute Gasteiger partial charge is 0.426 e. The number of benzene rings is 1. The number of carbonyl (C=O) groups excluding carboxylic acids is 1. The van der Waals surface area contributed by atoms with Crippen molar-refractivity contribution < 1.29 is 9.53 Å². The molecule has 0 fully saturated rings. The van der Waals surface area contributed by atoms with Crippen molar-refractivity contribution in [3.8, 4) is 5.75 Å². The van der Waals surface area contributed by atoms with Crippen LogP contribution in [-0.4, -0.2) is 5.97 Å². The van der Waals surface area contributed by atoms with Crippen LogP contribution in [0.4, 0.5) is 0 Å². The molecule has 0 aliphatic heterocycles. The lowest BCUT2D eigenvalue weighted by atomic mass is 10.1. The third-order valence-corrected chi connectivity index (χ3v) is 1.56. The molecule has 63 valence electrons. The second kappa shape index (κ2) is 3.39. The second-order valence-corrected chi connectivity index (χ2v) is 2.74. The zero-order valence-electron chi connectivity index (χ0n) is 7.47. The fourth-order valence-corrected chi connectivity index (χ4v) is 1.04. The maximum Gasteiger partial charge on any atom is 0.308 e. The summed E-state index contributed by atoms with van der Waals surface area (Å²) >= 11 is 0. The fourth-order valence-electron chi connectivity index (χ4n) is 1.04. The number of aryl methyl sites for hydroxylation is 2. The van der Waals surface area contributed by atoms with Crippen LogP contribution in [0, 0.1) is 19.9 Å². The fraction of sp³-hybridized carbons (Fsp3) is 0.300. The Bertz CT molecular complexity index is 282. The monoisotopic (exact) mass is 163 g/mol. The average Bonchev–Trinajstić information content (AvgIpc) is 1.97. The molecule has 1 rings (SSSR count). The minimum atomic E-state index is -0.285. The molecule has 0 bridgehead atoms. The first-order valence-corrected chi connectivity index (χ1v) is 3.77. The standard InChI is InChI=1S/C10H11O2/c1-7-5-4-6-8(2)10(7)12-9(3)11/h5-6H,1-3H3. The normalized spacial score (nSPS) is 9.58. The van der Waals surface area contributed by atoms with Crippen LogP contribution in [0.5, 0.6) is 5.75 Å². The molecule has 2 nitrogen and oxygen atoms in total. The number of carbonyl (C=O) groups is 1. The molecule has 0 aliphatic carbocycles. The summed E-state index contributed by atoms with van der Waals surface area (Å²) in [7, 11) is 0. The van der Waals surface area contributed by atoms with E-state index in [1.165, 1.54) is 6.92 Å². The SMILES string of the molecule is CC(=O)Oc1c(C)c[c]cc1C. The Hall–Kier alpha value is -1.31. The second-order valence-electron chi connectivity index (χ2n) is 2.74. The first-order valence-electron chi connectivity index (χ1n) is 3.77. The zero-order valence-corrected chi connectivity index (χ0v) is 7.47. The van der Waals surface area contributed by atoms with Gasteiger partial charge in [-0.1, -0.05) is 0 Å². The van der Waals surface area contributed by atoms with Gasteiger partial charge in [-0.3, -0.25) is 4.79 Å². The summed E-state index contributed by atoms with van der Waals surface area (Å²) < 4.78 is 5.02. The molecule has 0 saturated carbocycles. The maximum absolute atomic E-state index is 10.7. The van der Waals surface area contributed by atoms with Crippen molar-refractivity contribution in [1.29, 1.82) is 0 Å². The molecule has 0 heterocycles. The summed E-state index contributed by atoms with van der Waals surface area (Å²) in [6.07, 6.45) is 0. The molecule has 0 saturated heterocycles. The molecular weight excluding hydrogens is 152 g/mol. The molecule has 0 aromatic heterocycles. The molecule has 1 radical (unpaired) electrons. The van der Waals surface area contributed by atoms with Gasteiger partial charge in [0, 0.05) is 6.92 Å². The van der Waals surface area contributed by atoms with Gasteiger partial charge in [-0.2, -0.15) is 0 Å². The van der Waals surface area contributed by atoms with E-state index in [0.717, 1.165) is 11.1 Å². The first-order chi connectivity index (χ1) is 5.61. The van der Waals surface area contributed by atoms with E-state index in [2.05, 4.69) is 6.07 Å². The van der Waals surface area contributed by atoms with E-state index < -0.39 is 0 Å². The molecule has 12 heavy (non-hydrogen) atoms. The molecule has 0 N–H and O–H groups in total. The van der Waals surface area contributed by atoms with E-state index in [1.54, 1.807) is 12.1 Å². The summed E-state index contributed by atoms with van der Waals surface area (Å²) in [4.78, 5) is 10.7. The molecular formula is C10H11O2. The van der Waals surface area contributed by atoms with Crippen molar-refractivity contribution in [2.45, 2.75) is 20.8 Å². The lowest BCUT2D eigenvalue weighted by Gasteiger charge is -2.07. The van der Waals surface area contributed by atoms with Gasteiger partial charge in [0.2, 0.25) is 0 Å². The lowest BCUT2D eigenvalue weighted by molar-refractivity contribution is -0.131. The van der Waals surface area contributed by atoms with Gasteiger partial charge in [-0.15, -0.1) is 0 Å². The minimum absolute atomic E-state index is 0.285. The van der Waals surface area contributed by atoms with Crippen molar-refractivity contribution in [3.63, 3.8) is 0 Å². The first kappa shape index (κ1) is 8.78. The van der Waals surface area contributed by atoms with Crippen molar-refractivity contribution >= 4 is 5.97 Å². The van der Waals surface area contributed by atoms with Crippen LogP contribution in [0.25, 0.3) is 0 Å². The topological polar surface area (TPSA) is 26.3 Å². The van der Waals surface area contributed by atoms with Crippen molar-refractivity contribution in [3.05, 3.63) is 29.3 Å². The molecule has 0 unspecified atom stereocenters. The predicted octanol–water partition coefficient (Wildman–Crippen LogP) is 2.03. The van der Waals surface area contributed by atoms with Gasteiger partial charge in [-0.25, -0.2) is 0 Å². The van der Waals surface area contributed by atoms with Gasteiger partial charge >= 0.3 is 5.97 Å². The van der Waals surface area contributed by atoms with Crippen LogP contribution >= 0.6 is 0 Å². The molecule has 1 aromatic rings. The Balaban J connectivity index is 3.04. The maximum atomic E-state index is 10.7. The van der Waals surface area contributed by atoms with Crippen LogP contribution < -0.4 is 4.74 Å². The molecule has 2 heteroatoms. The number of hydrogen-bond donors (Lipinski definition) is 0. The van der Waals surface area contributed by atoms with Crippen LogP contribution in [0.2, 0.25) is 0 Å². The highest BCUT2D eigenvalue weighted by Gasteiger charge is 2.04. The Kier molecular flexibility index (Phi) is 2.48. The van der Waals surface area contributed by atoms with E-state index >= 15 is 0 Å². The number of ether oxygens (including phenoxy) is 1. The summed E-state index contributed by atoms with van der Waals surface area (Å²) in [6.45, 7) is 5.18. The highest BCUT2D eigenvalue weighted by atomic mass is 16.5. The van der Waals surface area contributed by atoms with Gasteiger partial charge in [0.05, 0.1) is 0 Å². The van der Waals surface area contributed by atoms with E-state index in [0.29, 0.717) is 5.75 Å². The van der Waals surface area contributed by atoms with Crippen LogP contribution in [0.3, 0.4) is 0 Å². The number of hydrogen-bond acceptors (Lipinski definition) is 2. The average molecular weight is 163 g/mol. The summed E-state index contributed by atoms with van der Waals surface area (Å²) in [5, 5.41) is 0. The highest BCUT2D eigenvalue weighted by Crippen LogP contribution is 2.21. The third-order valence-electron chi connectivity index (χ3n) is 1.56. The molecule has 0 spiro atoms. The number of esters is 1. The van der Waals surface area contributed by atoms with E-state index in [9.17, 15) is 4.79 Å². The van der Waals surface area contributed by atoms with Crippen molar-refractivity contribution in [2.24, 2.45) is 0 Å². The Morgan fingerprint density at radius 1 is 1.33 bits per heavy atom. The smallest absolute Gasteiger partial charge is 0.308 e. The van der Waals surface area contributed by atoms with Crippen LogP contribution in [0.15, 0.2) is 12.1 Å². The van der Waals surface area contributed by atoms with Gasteiger partial charge in [0.15, 0.2) is 0 Å². The van der Waals surface area contributed by atoms with E-state index in [1.807, 2.05) is 13.8 Å². The zero-order chi connectivity index (χ0) is 9.14. The quantitative estimate of drug-likeness (QED) is 0.467. The van der Waals surface area contributed by atoms with Gasteiger partial charge < -0.3 is 4.74 Å². The summed E-state index contributed by atoms with van der Waals surface area (Å²) in [6, 6.07) is 6.55. The van der Waals surface area contributed by atoms with Gasteiger partial charge in [0.1, 0.15) is 5.75 Å². The highest BCUT2D eigenvalue weighted by molar-refractivity contribution is 5.70. The predicted molar refractivity (Wildman–Crippen MR) is 46.1 cm³/mol. The Morgan fingerprint density at radius 2 is 1.83 bits per heavy atom. The van der Waals surface area contributed by atoms with Crippen LogP contribution in [0.1, 0.15) is 18.1 Å². The number of rotatable bonds is 1. The Labute approximate surface area is 72.2 Å². The summed E-state index contributed by atoms with van der Waals surface area (Å²) in [5.41, 5.74) is 1.87. The van der Waals surface area contributed by atoms with Gasteiger partial charge in [-0.05, 0) is 43.2 Å².